The van der Waals surface area contributed by atoms with Crippen molar-refractivity contribution in [3.63, 3.8) is 0 Å². The maximum Gasteiger partial charge on any atom is 0.269 e. The molecule has 5 heteroatoms. The number of benzene rings is 1. The van der Waals surface area contributed by atoms with Crippen molar-refractivity contribution < 1.29 is 4.92 Å². The number of hydrogen-bond donors (Lipinski definition) is 1. The average molecular weight is 249 g/mol. The highest BCUT2D eigenvalue weighted by atomic mass is 16.6. The van der Waals surface area contributed by atoms with Gasteiger partial charge in [0.15, 0.2) is 0 Å². The normalized spacial score (nSPS) is 15.0. The molecule has 0 spiro atoms. The van der Waals surface area contributed by atoms with Crippen LogP contribution in [0.4, 0.5) is 11.4 Å². The molecule has 0 aromatic heterocycles. The molecule has 98 valence electrons. The van der Waals surface area contributed by atoms with Gasteiger partial charge in [-0.1, -0.05) is 6.92 Å². The van der Waals surface area contributed by atoms with Crippen molar-refractivity contribution in [2.75, 3.05) is 12.3 Å². The van der Waals surface area contributed by atoms with Crippen molar-refractivity contribution in [1.29, 1.82) is 0 Å². The summed E-state index contributed by atoms with van der Waals surface area (Å²) in [7, 11) is 0. The second-order valence-electron chi connectivity index (χ2n) is 4.84. The second kappa shape index (κ2) is 5.35. The largest absolute Gasteiger partial charge is 0.398 e. The fourth-order valence-electron chi connectivity index (χ4n) is 2.18. The van der Waals surface area contributed by atoms with Crippen LogP contribution in [0.25, 0.3) is 0 Å². The molecule has 1 aliphatic carbocycles. The molecule has 2 N–H and O–H groups in total. The lowest BCUT2D eigenvalue weighted by atomic mass is 10.1. The number of nitrogens with two attached hydrogens (primary N) is 1. The third-order valence-electron chi connectivity index (χ3n) is 3.28. The van der Waals surface area contributed by atoms with Gasteiger partial charge < -0.3 is 5.73 Å². The number of nitrogens with zero attached hydrogens (tertiary/aromatic N) is 2. The van der Waals surface area contributed by atoms with Crippen LogP contribution in [0, 0.1) is 10.1 Å². The van der Waals surface area contributed by atoms with Crippen LogP contribution >= 0.6 is 0 Å². The molecule has 0 amide bonds. The van der Waals surface area contributed by atoms with Gasteiger partial charge in [0.2, 0.25) is 0 Å². The molecular weight excluding hydrogens is 230 g/mol. The summed E-state index contributed by atoms with van der Waals surface area (Å²) in [4.78, 5) is 12.8. The maximum atomic E-state index is 10.8. The van der Waals surface area contributed by atoms with Gasteiger partial charge in [-0.3, -0.25) is 15.0 Å². The summed E-state index contributed by atoms with van der Waals surface area (Å²) in [6.45, 7) is 3.88. The van der Waals surface area contributed by atoms with E-state index in [1.165, 1.54) is 18.9 Å². The van der Waals surface area contributed by atoms with Gasteiger partial charge in [-0.25, -0.2) is 0 Å². The Labute approximate surface area is 107 Å². The first kappa shape index (κ1) is 12.8. The van der Waals surface area contributed by atoms with E-state index in [1.807, 2.05) is 0 Å². The van der Waals surface area contributed by atoms with Gasteiger partial charge in [-0.05, 0) is 37.4 Å². The minimum atomic E-state index is -0.371. The monoisotopic (exact) mass is 249 g/mol. The van der Waals surface area contributed by atoms with Crippen LogP contribution in [0.1, 0.15) is 31.7 Å². The van der Waals surface area contributed by atoms with E-state index >= 15 is 0 Å². The van der Waals surface area contributed by atoms with Gasteiger partial charge in [0.25, 0.3) is 5.69 Å². The standard InChI is InChI=1S/C13H19N3O2/c1-2-7-15(11-3-4-11)9-10-8-12(16(17)18)5-6-13(10)14/h5-6,8,11H,2-4,7,9,14H2,1H3. The molecule has 1 fully saturated rings. The number of rotatable bonds is 6. The SMILES string of the molecule is CCCN(Cc1cc([N+](=O)[O-])ccc1N)C1CC1. The number of nitrogen functional groups attached to an aromatic ring is 1. The van der Waals surface area contributed by atoms with Crippen molar-refractivity contribution in [3.05, 3.63) is 33.9 Å². The highest BCUT2D eigenvalue weighted by Crippen LogP contribution is 2.30. The first-order valence-corrected chi connectivity index (χ1v) is 6.38. The molecule has 1 aromatic rings. The first-order valence-electron chi connectivity index (χ1n) is 6.38. The van der Waals surface area contributed by atoms with Gasteiger partial charge in [0.05, 0.1) is 4.92 Å². The van der Waals surface area contributed by atoms with Crippen molar-refractivity contribution >= 4 is 11.4 Å². The van der Waals surface area contributed by atoms with Crippen molar-refractivity contribution in [2.24, 2.45) is 0 Å². The van der Waals surface area contributed by atoms with Gasteiger partial charge in [-0.15, -0.1) is 0 Å². The van der Waals surface area contributed by atoms with Crippen LogP contribution in [0.2, 0.25) is 0 Å². The maximum absolute atomic E-state index is 10.8. The van der Waals surface area contributed by atoms with Gasteiger partial charge in [-0.2, -0.15) is 0 Å². The molecular formula is C13H19N3O2. The molecule has 5 nitrogen and oxygen atoms in total. The Kier molecular flexibility index (Phi) is 3.81. The minimum Gasteiger partial charge on any atom is -0.398 e. The van der Waals surface area contributed by atoms with Crippen molar-refractivity contribution in [2.45, 2.75) is 38.8 Å². The van der Waals surface area contributed by atoms with E-state index in [0.29, 0.717) is 18.3 Å². The number of nitro benzene ring substituents is 1. The second-order valence-corrected chi connectivity index (χ2v) is 4.84. The van der Waals surface area contributed by atoms with E-state index in [2.05, 4.69) is 11.8 Å². The van der Waals surface area contributed by atoms with E-state index in [-0.39, 0.29) is 10.6 Å². The molecule has 0 bridgehead atoms. The molecule has 0 atom stereocenters. The quantitative estimate of drug-likeness (QED) is 0.477. The van der Waals surface area contributed by atoms with Gasteiger partial charge >= 0.3 is 0 Å². The topological polar surface area (TPSA) is 72.4 Å². The lowest BCUT2D eigenvalue weighted by molar-refractivity contribution is -0.384. The van der Waals surface area contributed by atoms with E-state index in [0.717, 1.165) is 18.5 Å². The van der Waals surface area contributed by atoms with E-state index in [1.54, 1.807) is 12.1 Å². The summed E-state index contributed by atoms with van der Waals surface area (Å²) in [6.07, 6.45) is 3.55. The average Bonchev–Trinajstić information content (AvgIpc) is 3.14. The van der Waals surface area contributed by atoms with Crippen LogP contribution in [0.3, 0.4) is 0 Å². The summed E-state index contributed by atoms with van der Waals surface area (Å²) < 4.78 is 0. The van der Waals surface area contributed by atoms with Crippen molar-refractivity contribution in [1.82, 2.24) is 4.90 Å². The predicted octanol–water partition coefficient (Wildman–Crippen LogP) is 2.55. The fraction of sp³-hybridized carbons (Fsp3) is 0.538. The smallest absolute Gasteiger partial charge is 0.269 e. The Morgan fingerprint density at radius 2 is 2.22 bits per heavy atom. The Bertz CT molecular complexity index is 444. The number of hydrogen-bond acceptors (Lipinski definition) is 4. The third kappa shape index (κ3) is 2.98. The number of anilines is 1. The fourth-order valence-corrected chi connectivity index (χ4v) is 2.18. The van der Waals surface area contributed by atoms with E-state index in [9.17, 15) is 10.1 Å². The zero-order valence-corrected chi connectivity index (χ0v) is 10.6. The molecule has 0 aliphatic heterocycles. The lowest BCUT2D eigenvalue weighted by Gasteiger charge is -2.21. The van der Waals surface area contributed by atoms with Crippen LogP contribution < -0.4 is 5.73 Å². The molecule has 0 heterocycles. The van der Waals surface area contributed by atoms with Gasteiger partial charge in [0.1, 0.15) is 0 Å². The molecule has 0 radical (unpaired) electrons. The third-order valence-corrected chi connectivity index (χ3v) is 3.28. The zero-order valence-electron chi connectivity index (χ0n) is 10.6. The molecule has 0 saturated heterocycles. The van der Waals surface area contributed by atoms with Crippen LogP contribution in [-0.2, 0) is 6.54 Å². The highest BCUT2D eigenvalue weighted by molar-refractivity contribution is 5.52. The Hall–Kier alpha value is -1.62. The van der Waals surface area contributed by atoms with Crippen LogP contribution in [0.15, 0.2) is 18.2 Å². The minimum absolute atomic E-state index is 0.117. The number of non-ortho nitro benzene ring substituents is 1. The van der Waals surface area contributed by atoms with Crippen LogP contribution in [-0.4, -0.2) is 22.4 Å². The summed E-state index contributed by atoms with van der Waals surface area (Å²) in [5, 5.41) is 10.8. The Balaban J connectivity index is 2.15. The summed E-state index contributed by atoms with van der Waals surface area (Å²) in [5.74, 6) is 0. The highest BCUT2D eigenvalue weighted by Gasteiger charge is 2.28. The lowest BCUT2D eigenvalue weighted by Crippen LogP contribution is -2.26. The van der Waals surface area contributed by atoms with E-state index < -0.39 is 0 Å². The van der Waals surface area contributed by atoms with Gasteiger partial charge in [0, 0.05) is 30.4 Å². The number of nitro groups is 1. The molecule has 2 rings (SSSR count). The summed E-state index contributed by atoms with van der Waals surface area (Å²) in [5.41, 5.74) is 7.53. The first-order chi connectivity index (χ1) is 8.61. The molecule has 1 aromatic carbocycles. The molecule has 0 unspecified atom stereocenters. The molecule has 1 aliphatic rings. The van der Waals surface area contributed by atoms with Crippen molar-refractivity contribution in [3.8, 4) is 0 Å². The zero-order chi connectivity index (χ0) is 13.1. The van der Waals surface area contributed by atoms with Crippen LogP contribution in [0.5, 0.6) is 0 Å². The predicted molar refractivity (Wildman–Crippen MR) is 71.2 cm³/mol. The Morgan fingerprint density at radius 3 is 2.78 bits per heavy atom. The molecule has 1 saturated carbocycles. The Morgan fingerprint density at radius 1 is 1.50 bits per heavy atom. The van der Waals surface area contributed by atoms with E-state index in [4.69, 9.17) is 5.73 Å². The molecule has 18 heavy (non-hydrogen) atoms. The summed E-state index contributed by atoms with van der Waals surface area (Å²) in [6, 6.07) is 5.33. The summed E-state index contributed by atoms with van der Waals surface area (Å²) >= 11 is 0.